The van der Waals surface area contributed by atoms with Crippen molar-refractivity contribution in [3.63, 3.8) is 0 Å². The van der Waals surface area contributed by atoms with Crippen LogP contribution >= 0.6 is 0 Å². The van der Waals surface area contributed by atoms with Gasteiger partial charge in [-0.15, -0.1) is 0 Å². The second-order valence-electron chi connectivity index (χ2n) is 7.25. The number of halogens is 1. The Morgan fingerprint density at radius 3 is 2.55 bits per heavy atom. The summed E-state index contributed by atoms with van der Waals surface area (Å²) in [6, 6.07) is 6.57. The van der Waals surface area contributed by atoms with Crippen LogP contribution in [0.15, 0.2) is 42.9 Å². The van der Waals surface area contributed by atoms with Crippen LogP contribution < -0.4 is 5.32 Å². The SMILES string of the molecule is CN1CCC(n2cc(Nc3ncc(F)c(-c4ccc(C(O)O)cc4)n3)cn2)CC1. The van der Waals surface area contributed by atoms with E-state index in [2.05, 4.69) is 32.3 Å². The van der Waals surface area contributed by atoms with Crippen LogP contribution in [0.25, 0.3) is 11.3 Å². The van der Waals surface area contributed by atoms with E-state index in [9.17, 15) is 14.6 Å². The molecule has 2 aromatic heterocycles. The van der Waals surface area contributed by atoms with E-state index in [1.807, 2.05) is 10.9 Å². The number of anilines is 2. The van der Waals surface area contributed by atoms with Gasteiger partial charge in [-0.3, -0.25) is 4.68 Å². The van der Waals surface area contributed by atoms with Crippen molar-refractivity contribution in [1.29, 1.82) is 0 Å². The molecule has 0 saturated carbocycles. The van der Waals surface area contributed by atoms with Gasteiger partial charge in [-0.05, 0) is 33.0 Å². The normalized spacial score (nSPS) is 15.8. The molecule has 0 unspecified atom stereocenters. The van der Waals surface area contributed by atoms with Gasteiger partial charge >= 0.3 is 0 Å². The Morgan fingerprint density at radius 2 is 1.86 bits per heavy atom. The molecular weight excluding hydrogens is 375 g/mol. The summed E-state index contributed by atoms with van der Waals surface area (Å²) in [5.74, 6) is -0.300. The van der Waals surface area contributed by atoms with Crippen LogP contribution in [0.1, 0.15) is 30.7 Å². The highest BCUT2D eigenvalue weighted by molar-refractivity contribution is 5.62. The number of likely N-dealkylation sites (tertiary alicyclic amines) is 1. The number of hydrogen-bond acceptors (Lipinski definition) is 7. The van der Waals surface area contributed by atoms with Crippen LogP contribution in [0.3, 0.4) is 0 Å². The van der Waals surface area contributed by atoms with E-state index < -0.39 is 12.1 Å². The van der Waals surface area contributed by atoms with Crippen molar-refractivity contribution < 1.29 is 14.6 Å². The predicted octanol–water partition coefficient (Wildman–Crippen LogP) is 2.47. The van der Waals surface area contributed by atoms with Gasteiger partial charge in [0, 0.05) is 17.3 Å². The van der Waals surface area contributed by atoms with Gasteiger partial charge in [0.15, 0.2) is 12.1 Å². The molecule has 3 N–H and O–H groups in total. The fourth-order valence-electron chi connectivity index (χ4n) is 3.43. The van der Waals surface area contributed by atoms with Crippen molar-refractivity contribution in [2.24, 2.45) is 0 Å². The van der Waals surface area contributed by atoms with Gasteiger partial charge in [-0.1, -0.05) is 24.3 Å². The monoisotopic (exact) mass is 398 g/mol. The molecule has 4 rings (SSSR count). The van der Waals surface area contributed by atoms with Crippen LogP contribution in [0.5, 0.6) is 0 Å². The quantitative estimate of drug-likeness (QED) is 0.568. The molecule has 1 saturated heterocycles. The first kappa shape index (κ1) is 19.4. The second kappa shape index (κ2) is 8.24. The Balaban J connectivity index is 1.51. The summed E-state index contributed by atoms with van der Waals surface area (Å²) < 4.78 is 16.2. The number of piperidine rings is 1. The van der Waals surface area contributed by atoms with Gasteiger partial charge in [0.05, 0.1) is 24.1 Å². The molecule has 1 fully saturated rings. The highest BCUT2D eigenvalue weighted by atomic mass is 19.1. The maximum absolute atomic E-state index is 14.3. The fourth-order valence-corrected chi connectivity index (χ4v) is 3.43. The Hall–Kier alpha value is -2.88. The first-order chi connectivity index (χ1) is 14.0. The summed E-state index contributed by atoms with van der Waals surface area (Å²) in [4.78, 5) is 10.6. The van der Waals surface area contributed by atoms with Crippen LogP contribution in [0.2, 0.25) is 0 Å². The Kier molecular flexibility index (Phi) is 5.52. The minimum absolute atomic E-state index is 0.129. The van der Waals surface area contributed by atoms with Crippen molar-refractivity contribution >= 4 is 11.6 Å². The molecule has 0 bridgehead atoms. The van der Waals surface area contributed by atoms with Gasteiger partial charge in [-0.2, -0.15) is 5.10 Å². The standard InChI is InChI=1S/C20H23FN6O2/c1-26-8-6-16(7-9-26)27-12-15(10-23-27)24-20-22-11-17(21)18(25-20)13-2-4-14(5-3-13)19(28)29/h2-5,10-12,16,19,28-29H,6-9H2,1H3,(H,22,24,25). The molecular formula is C20H23FN6O2. The lowest BCUT2D eigenvalue weighted by Gasteiger charge is -2.28. The molecule has 29 heavy (non-hydrogen) atoms. The maximum atomic E-state index is 14.3. The summed E-state index contributed by atoms with van der Waals surface area (Å²) in [7, 11) is 2.12. The van der Waals surface area contributed by atoms with E-state index >= 15 is 0 Å². The number of aliphatic hydroxyl groups is 2. The maximum Gasteiger partial charge on any atom is 0.228 e. The Bertz CT molecular complexity index is 967. The lowest BCUT2D eigenvalue weighted by atomic mass is 10.1. The topological polar surface area (TPSA) is 99.3 Å². The van der Waals surface area contributed by atoms with E-state index in [4.69, 9.17) is 0 Å². The zero-order valence-electron chi connectivity index (χ0n) is 16.0. The van der Waals surface area contributed by atoms with Crippen molar-refractivity contribution in [2.45, 2.75) is 25.2 Å². The molecule has 1 aromatic carbocycles. The average molecular weight is 398 g/mol. The van der Waals surface area contributed by atoms with Crippen LogP contribution in [0.4, 0.5) is 16.0 Å². The van der Waals surface area contributed by atoms with Crippen molar-refractivity contribution in [2.75, 3.05) is 25.5 Å². The van der Waals surface area contributed by atoms with Gasteiger partial charge in [0.25, 0.3) is 0 Å². The summed E-state index contributed by atoms with van der Waals surface area (Å²) >= 11 is 0. The third-order valence-electron chi connectivity index (χ3n) is 5.15. The minimum atomic E-state index is -1.57. The molecule has 0 atom stereocenters. The van der Waals surface area contributed by atoms with Crippen LogP contribution in [-0.2, 0) is 0 Å². The van der Waals surface area contributed by atoms with Crippen LogP contribution in [-0.4, -0.2) is 55.0 Å². The number of aromatic nitrogens is 4. The predicted molar refractivity (Wildman–Crippen MR) is 106 cm³/mol. The zero-order chi connectivity index (χ0) is 20.4. The molecule has 152 valence electrons. The molecule has 1 aliphatic rings. The van der Waals surface area contributed by atoms with E-state index in [0.717, 1.165) is 37.8 Å². The molecule has 8 nitrogen and oxygen atoms in total. The van der Waals surface area contributed by atoms with E-state index in [-0.39, 0.29) is 11.6 Å². The first-order valence-electron chi connectivity index (χ1n) is 9.48. The second-order valence-corrected chi connectivity index (χ2v) is 7.25. The van der Waals surface area contributed by atoms with Crippen LogP contribution in [0, 0.1) is 5.82 Å². The Morgan fingerprint density at radius 1 is 1.14 bits per heavy atom. The van der Waals surface area contributed by atoms with Gasteiger partial charge in [0.2, 0.25) is 5.95 Å². The molecule has 0 aliphatic carbocycles. The Labute approximate surface area is 167 Å². The molecule has 3 heterocycles. The lowest BCUT2D eigenvalue weighted by molar-refractivity contribution is -0.0424. The lowest BCUT2D eigenvalue weighted by Crippen LogP contribution is -2.31. The molecule has 0 radical (unpaired) electrons. The van der Waals surface area contributed by atoms with Crippen molar-refractivity contribution in [1.82, 2.24) is 24.6 Å². The summed E-state index contributed by atoms with van der Waals surface area (Å²) in [5, 5.41) is 25.9. The molecule has 3 aromatic rings. The highest BCUT2D eigenvalue weighted by Gasteiger charge is 2.19. The fraction of sp³-hybridized carbons (Fsp3) is 0.350. The van der Waals surface area contributed by atoms with E-state index in [1.165, 1.54) is 12.1 Å². The van der Waals surface area contributed by atoms with Gasteiger partial charge in [-0.25, -0.2) is 14.4 Å². The van der Waals surface area contributed by atoms with Crippen molar-refractivity contribution in [3.8, 4) is 11.3 Å². The number of rotatable bonds is 5. The number of hydrogen-bond donors (Lipinski definition) is 3. The zero-order valence-corrected chi connectivity index (χ0v) is 16.0. The number of nitrogens with one attached hydrogen (secondary N) is 1. The summed E-state index contributed by atoms with van der Waals surface area (Å²) in [6.07, 6.45) is 5.27. The van der Waals surface area contributed by atoms with E-state index in [0.29, 0.717) is 17.2 Å². The largest absolute Gasteiger partial charge is 0.364 e. The van der Waals surface area contributed by atoms with E-state index in [1.54, 1.807) is 18.3 Å². The van der Waals surface area contributed by atoms with Crippen molar-refractivity contribution in [3.05, 3.63) is 54.2 Å². The first-order valence-corrected chi connectivity index (χ1v) is 9.48. The third kappa shape index (κ3) is 4.42. The van der Waals surface area contributed by atoms with Gasteiger partial charge in [0.1, 0.15) is 5.69 Å². The minimum Gasteiger partial charge on any atom is -0.364 e. The summed E-state index contributed by atoms with van der Waals surface area (Å²) in [5.41, 5.74) is 1.70. The van der Waals surface area contributed by atoms with Gasteiger partial charge < -0.3 is 20.4 Å². The summed E-state index contributed by atoms with van der Waals surface area (Å²) in [6.45, 7) is 2.09. The smallest absolute Gasteiger partial charge is 0.228 e. The number of aliphatic hydroxyl groups excluding tert-OH is 1. The highest BCUT2D eigenvalue weighted by Crippen LogP contribution is 2.25. The molecule has 0 spiro atoms. The number of nitrogens with zero attached hydrogens (tertiary/aromatic N) is 5. The molecule has 1 aliphatic heterocycles. The molecule has 0 amide bonds. The third-order valence-corrected chi connectivity index (χ3v) is 5.15. The molecule has 9 heteroatoms. The number of benzene rings is 1. The average Bonchev–Trinajstić information content (AvgIpc) is 3.18.